The third-order valence-corrected chi connectivity index (χ3v) is 9.82. The number of benzene rings is 1. The molecule has 4 bridgehead atoms. The van der Waals surface area contributed by atoms with Crippen LogP contribution in [0.15, 0.2) is 36.7 Å². The van der Waals surface area contributed by atoms with Crippen LogP contribution in [0.2, 0.25) is 0 Å². The van der Waals surface area contributed by atoms with Crippen molar-refractivity contribution in [3.05, 3.63) is 52.8 Å². The van der Waals surface area contributed by atoms with Gasteiger partial charge in [-0.15, -0.1) is 0 Å². The summed E-state index contributed by atoms with van der Waals surface area (Å²) < 4.78 is 2.40. The maximum absolute atomic E-state index is 4.69. The Balaban J connectivity index is 1.54. The SMILES string of the molecule is Cc1ccccc1N1C(C)c2c(sc3nccn23)C12C1CC3CC(C1)CC2C3. The molecule has 3 heterocycles. The topological polar surface area (TPSA) is 20.5 Å². The van der Waals surface area contributed by atoms with Gasteiger partial charge >= 0.3 is 0 Å². The van der Waals surface area contributed by atoms with Crippen LogP contribution in [0.5, 0.6) is 0 Å². The molecule has 0 N–H and O–H groups in total. The average molecular weight is 390 g/mol. The number of thiazole rings is 1. The number of para-hydroxylation sites is 1. The van der Waals surface area contributed by atoms with Crippen molar-refractivity contribution < 1.29 is 0 Å². The van der Waals surface area contributed by atoms with Gasteiger partial charge in [-0.3, -0.25) is 4.40 Å². The summed E-state index contributed by atoms with van der Waals surface area (Å²) in [6.45, 7) is 4.74. The lowest BCUT2D eigenvalue weighted by atomic mass is 9.48. The first-order valence-corrected chi connectivity index (χ1v) is 11.8. The average Bonchev–Trinajstić information content (AvgIpc) is 3.31. The van der Waals surface area contributed by atoms with E-state index in [1.165, 1.54) is 54.0 Å². The van der Waals surface area contributed by atoms with E-state index in [0.717, 1.165) is 23.7 Å². The number of rotatable bonds is 1. The van der Waals surface area contributed by atoms with Crippen LogP contribution < -0.4 is 4.90 Å². The number of hydrogen-bond donors (Lipinski definition) is 0. The smallest absolute Gasteiger partial charge is 0.194 e. The van der Waals surface area contributed by atoms with Crippen molar-refractivity contribution >= 4 is 22.0 Å². The Hall–Kier alpha value is -1.81. The molecular formula is C24H27N3S. The molecule has 4 aliphatic carbocycles. The summed E-state index contributed by atoms with van der Waals surface area (Å²) in [7, 11) is 0. The van der Waals surface area contributed by atoms with Crippen molar-refractivity contribution in [3.8, 4) is 0 Å². The van der Waals surface area contributed by atoms with Crippen molar-refractivity contribution in [2.24, 2.45) is 23.7 Å². The fraction of sp³-hybridized carbons (Fsp3) is 0.542. The first-order chi connectivity index (χ1) is 13.7. The number of imidazole rings is 1. The van der Waals surface area contributed by atoms with E-state index in [4.69, 9.17) is 4.98 Å². The molecule has 1 aliphatic heterocycles. The van der Waals surface area contributed by atoms with Crippen LogP contribution in [-0.2, 0) is 5.54 Å². The monoisotopic (exact) mass is 389 g/mol. The minimum atomic E-state index is 0.194. The van der Waals surface area contributed by atoms with Crippen LogP contribution in [0.25, 0.3) is 4.96 Å². The highest BCUT2D eigenvalue weighted by Gasteiger charge is 2.66. The van der Waals surface area contributed by atoms with Gasteiger partial charge in [0.15, 0.2) is 4.96 Å². The fourth-order valence-corrected chi connectivity index (χ4v) is 9.46. The van der Waals surface area contributed by atoms with E-state index >= 15 is 0 Å². The van der Waals surface area contributed by atoms with Gasteiger partial charge in [0.1, 0.15) is 0 Å². The molecule has 0 saturated heterocycles. The lowest BCUT2D eigenvalue weighted by molar-refractivity contribution is -0.0588. The number of aromatic nitrogens is 2. The minimum Gasteiger partial charge on any atom is -0.352 e. The third kappa shape index (κ3) is 1.71. The summed E-state index contributed by atoms with van der Waals surface area (Å²) in [4.78, 5) is 10.4. The van der Waals surface area contributed by atoms with E-state index in [9.17, 15) is 0 Å². The summed E-state index contributed by atoms with van der Waals surface area (Å²) >= 11 is 1.99. The Bertz CT molecular complexity index is 1060. The molecule has 0 amide bonds. The molecule has 8 rings (SSSR count). The van der Waals surface area contributed by atoms with E-state index in [1.807, 2.05) is 17.5 Å². The van der Waals surface area contributed by atoms with Crippen LogP contribution >= 0.6 is 11.3 Å². The van der Waals surface area contributed by atoms with Gasteiger partial charge in [0.2, 0.25) is 0 Å². The Morgan fingerprint density at radius 2 is 1.75 bits per heavy atom. The van der Waals surface area contributed by atoms with Crippen LogP contribution in [0.1, 0.15) is 61.2 Å². The predicted molar refractivity (Wildman–Crippen MR) is 114 cm³/mol. The molecule has 4 fully saturated rings. The Labute approximate surface area is 170 Å². The van der Waals surface area contributed by atoms with Crippen molar-refractivity contribution in [2.75, 3.05) is 4.90 Å². The maximum Gasteiger partial charge on any atom is 0.194 e. The summed E-state index contributed by atoms with van der Waals surface area (Å²) in [5.41, 5.74) is 4.59. The Morgan fingerprint density at radius 1 is 1.04 bits per heavy atom. The second-order valence-electron chi connectivity index (χ2n) is 9.86. The lowest BCUT2D eigenvalue weighted by Gasteiger charge is -2.63. The molecule has 3 nitrogen and oxygen atoms in total. The molecule has 2 aromatic heterocycles. The van der Waals surface area contributed by atoms with Gasteiger partial charge in [-0.25, -0.2) is 4.98 Å². The summed E-state index contributed by atoms with van der Waals surface area (Å²) in [6, 6.07) is 9.49. The molecule has 1 aromatic carbocycles. The van der Waals surface area contributed by atoms with Crippen LogP contribution in [0, 0.1) is 30.6 Å². The number of anilines is 1. The Morgan fingerprint density at radius 3 is 2.46 bits per heavy atom. The standard InChI is InChI=1S/C24H27N3S/c1-14-5-3-4-6-20(14)27-15(2)21-22(28-23-25-7-8-26(21)23)24(27)18-10-16-9-17(12-18)13-19(24)11-16/h3-8,15-19H,9-13H2,1-2H3. The molecule has 28 heavy (non-hydrogen) atoms. The van der Waals surface area contributed by atoms with Gasteiger partial charge in [-0.2, -0.15) is 0 Å². The van der Waals surface area contributed by atoms with Crippen molar-refractivity contribution in [2.45, 2.75) is 57.5 Å². The number of fused-ring (bicyclic) bond motifs is 3. The van der Waals surface area contributed by atoms with Gasteiger partial charge in [0.25, 0.3) is 0 Å². The molecule has 1 atom stereocenters. The minimum absolute atomic E-state index is 0.194. The second-order valence-corrected chi connectivity index (χ2v) is 10.8. The normalized spacial score (nSPS) is 38.1. The molecule has 4 heteroatoms. The highest BCUT2D eigenvalue weighted by atomic mass is 32.1. The third-order valence-electron chi connectivity index (χ3n) is 8.60. The quantitative estimate of drug-likeness (QED) is 0.514. The Kier molecular flexibility index (Phi) is 2.98. The molecule has 0 radical (unpaired) electrons. The summed E-state index contributed by atoms with van der Waals surface area (Å²) in [5.74, 6) is 3.57. The highest BCUT2D eigenvalue weighted by molar-refractivity contribution is 7.17. The number of nitrogens with zero attached hydrogens (tertiary/aromatic N) is 3. The van der Waals surface area contributed by atoms with E-state index < -0.39 is 0 Å². The van der Waals surface area contributed by atoms with Crippen LogP contribution in [0.3, 0.4) is 0 Å². The molecule has 1 spiro atoms. The molecule has 3 aromatic rings. The zero-order chi connectivity index (χ0) is 18.6. The van der Waals surface area contributed by atoms with Crippen molar-refractivity contribution in [1.29, 1.82) is 0 Å². The van der Waals surface area contributed by atoms with Gasteiger partial charge in [0.05, 0.1) is 22.2 Å². The maximum atomic E-state index is 4.69. The summed E-state index contributed by atoms with van der Waals surface area (Å²) in [5, 5.41) is 0. The van der Waals surface area contributed by atoms with E-state index in [1.54, 1.807) is 4.88 Å². The molecular weight excluding hydrogens is 362 g/mol. The molecule has 4 saturated carbocycles. The largest absolute Gasteiger partial charge is 0.352 e. The number of aryl methyl sites for hydroxylation is 1. The molecule has 1 unspecified atom stereocenters. The van der Waals surface area contributed by atoms with Gasteiger partial charge in [0, 0.05) is 18.1 Å². The molecule has 144 valence electrons. The van der Waals surface area contributed by atoms with Crippen LogP contribution in [0.4, 0.5) is 5.69 Å². The van der Waals surface area contributed by atoms with Gasteiger partial charge in [-0.05, 0) is 81.3 Å². The van der Waals surface area contributed by atoms with E-state index in [2.05, 4.69) is 53.6 Å². The second kappa shape index (κ2) is 5.21. The zero-order valence-corrected chi connectivity index (χ0v) is 17.5. The van der Waals surface area contributed by atoms with Crippen molar-refractivity contribution in [3.63, 3.8) is 0 Å². The number of hydrogen-bond acceptors (Lipinski definition) is 3. The lowest BCUT2D eigenvalue weighted by Crippen LogP contribution is -2.62. The van der Waals surface area contributed by atoms with Crippen LogP contribution in [-0.4, -0.2) is 9.38 Å². The fourth-order valence-electron chi connectivity index (χ4n) is 7.94. The van der Waals surface area contributed by atoms with Gasteiger partial charge in [-0.1, -0.05) is 29.5 Å². The summed E-state index contributed by atoms with van der Waals surface area (Å²) in [6.07, 6.45) is 11.4. The first-order valence-electron chi connectivity index (χ1n) is 11.0. The zero-order valence-electron chi connectivity index (χ0n) is 16.6. The predicted octanol–water partition coefficient (Wildman–Crippen LogP) is 5.94. The van der Waals surface area contributed by atoms with E-state index in [0.29, 0.717) is 6.04 Å². The van der Waals surface area contributed by atoms with Gasteiger partial charge < -0.3 is 4.90 Å². The first kappa shape index (κ1) is 16.0. The highest BCUT2D eigenvalue weighted by Crippen LogP contribution is 2.69. The van der Waals surface area contributed by atoms with Crippen molar-refractivity contribution in [1.82, 2.24) is 9.38 Å². The molecule has 5 aliphatic rings. The van der Waals surface area contributed by atoms with E-state index in [-0.39, 0.29) is 5.54 Å².